The van der Waals surface area contributed by atoms with Gasteiger partial charge in [-0.15, -0.1) is 0 Å². The van der Waals surface area contributed by atoms with E-state index in [1.54, 1.807) is 39.0 Å². The first kappa shape index (κ1) is 34.7. The Kier molecular flexibility index (Phi) is 12.9. The summed E-state index contributed by atoms with van der Waals surface area (Å²) in [5, 5.41) is 22.1. The number of anilines is 1. The monoisotopic (exact) mass is 589 g/mol. The molecule has 1 aliphatic carbocycles. The van der Waals surface area contributed by atoms with Crippen LogP contribution in [0.15, 0.2) is 36.4 Å². The third-order valence-corrected chi connectivity index (χ3v) is 7.01. The van der Waals surface area contributed by atoms with E-state index in [0.29, 0.717) is 31.5 Å². The van der Waals surface area contributed by atoms with Crippen LogP contribution in [-0.4, -0.2) is 45.7 Å². The number of amides is 1. The number of esters is 1. The first-order chi connectivity index (χ1) is 19.5. The van der Waals surface area contributed by atoms with Crippen molar-refractivity contribution in [2.75, 3.05) is 11.4 Å². The van der Waals surface area contributed by atoms with E-state index in [2.05, 4.69) is 0 Å². The first-order valence-corrected chi connectivity index (χ1v) is 14.8. The molecular weight excluding hydrogens is 542 g/mol. The average Bonchev–Trinajstić information content (AvgIpc) is 2.87. The number of unbranched alkanes of at least 4 members (excludes halogenated alkanes) is 2. The van der Waals surface area contributed by atoms with E-state index in [1.807, 2.05) is 26.8 Å². The molecule has 1 aromatic rings. The number of nitrogens with zero attached hydrogens (tertiary/aromatic N) is 3. The zero-order valence-electron chi connectivity index (χ0n) is 25.9. The summed E-state index contributed by atoms with van der Waals surface area (Å²) in [5.74, 6) is 0.166. The quantitative estimate of drug-likeness (QED) is 0.0708. The van der Waals surface area contributed by atoms with Gasteiger partial charge in [0.25, 0.3) is 5.69 Å². The van der Waals surface area contributed by atoms with Crippen LogP contribution in [0.25, 0.3) is 0 Å². The number of hydrogen-bond acceptors (Lipinski definition) is 8. The second-order valence-corrected chi connectivity index (χ2v) is 13.1. The van der Waals surface area contributed by atoms with Gasteiger partial charge in [0, 0.05) is 42.1 Å². The third kappa shape index (κ3) is 13.0. The molecule has 11 nitrogen and oxygen atoms in total. The van der Waals surface area contributed by atoms with Crippen molar-refractivity contribution < 1.29 is 28.9 Å². The van der Waals surface area contributed by atoms with Crippen molar-refractivity contribution in [3.8, 4) is 0 Å². The van der Waals surface area contributed by atoms with Crippen molar-refractivity contribution in [1.82, 2.24) is 0 Å². The minimum Gasteiger partial charge on any atom is -0.460 e. The van der Waals surface area contributed by atoms with Crippen molar-refractivity contribution in [3.05, 3.63) is 56.6 Å². The van der Waals surface area contributed by atoms with Crippen molar-refractivity contribution in [3.63, 3.8) is 0 Å². The highest BCUT2D eigenvalue weighted by atomic mass is 16.6. The molecule has 3 atom stereocenters. The van der Waals surface area contributed by atoms with Crippen molar-refractivity contribution in [2.45, 2.75) is 117 Å². The highest BCUT2D eigenvalue weighted by Crippen LogP contribution is 2.29. The molecule has 1 aromatic carbocycles. The lowest BCUT2D eigenvalue weighted by molar-refractivity contribution is -0.511. The standard InChI is InChI=1S/C31H47N3O8/c1-30(2,3)41-28(35)22-24(12-11-23-13-15-26(16-14-23)33(37)38)10-8-7-9-21-32(29(36)42-31(4,5)6)25-17-19-27(20-18-25)34(39)40/h13,15,17-20,23-24,26H,7-12,14,16,21-22H2,1-6H3. The largest absolute Gasteiger partial charge is 0.460 e. The van der Waals surface area contributed by atoms with Gasteiger partial charge in [-0.05, 0) is 104 Å². The maximum Gasteiger partial charge on any atom is 0.414 e. The van der Waals surface area contributed by atoms with Gasteiger partial charge in [-0.2, -0.15) is 0 Å². The van der Waals surface area contributed by atoms with E-state index in [0.717, 1.165) is 38.5 Å². The van der Waals surface area contributed by atoms with Gasteiger partial charge in [0.2, 0.25) is 6.04 Å². The van der Waals surface area contributed by atoms with Crippen LogP contribution >= 0.6 is 0 Å². The molecule has 0 spiro atoms. The van der Waals surface area contributed by atoms with E-state index in [9.17, 15) is 29.8 Å². The van der Waals surface area contributed by atoms with Gasteiger partial charge in [0.1, 0.15) is 11.2 Å². The highest BCUT2D eigenvalue weighted by molar-refractivity contribution is 5.88. The first-order valence-electron chi connectivity index (χ1n) is 14.8. The molecule has 1 amide bonds. The molecule has 0 heterocycles. The summed E-state index contributed by atoms with van der Waals surface area (Å²) in [6, 6.07) is 5.23. The van der Waals surface area contributed by atoms with E-state index in [-0.39, 0.29) is 28.4 Å². The number of allylic oxidation sites excluding steroid dienone is 1. The Morgan fingerprint density at radius 2 is 1.55 bits per heavy atom. The number of nitro groups is 2. The van der Waals surface area contributed by atoms with Gasteiger partial charge < -0.3 is 9.47 Å². The fourth-order valence-electron chi connectivity index (χ4n) is 4.97. The second kappa shape index (κ2) is 15.7. The summed E-state index contributed by atoms with van der Waals surface area (Å²) in [6.45, 7) is 11.3. The minimum atomic E-state index is -0.692. The third-order valence-electron chi connectivity index (χ3n) is 7.01. The van der Waals surface area contributed by atoms with Crippen LogP contribution in [0.3, 0.4) is 0 Å². The summed E-state index contributed by atoms with van der Waals surface area (Å²) in [7, 11) is 0. The number of carbonyl (C=O) groups is 2. The number of non-ortho nitro benzene ring substituents is 1. The minimum absolute atomic E-state index is 0.0553. The van der Waals surface area contributed by atoms with Crippen LogP contribution in [-0.2, 0) is 14.3 Å². The Bertz CT molecular complexity index is 1090. The van der Waals surface area contributed by atoms with Crippen LogP contribution in [0.5, 0.6) is 0 Å². The smallest absolute Gasteiger partial charge is 0.414 e. The van der Waals surface area contributed by atoms with Gasteiger partial charge >= 0.3 is 12.1 Å². The highest BCUT2D eigenvalue weighted by Gasteiger charge is 2.26. The van der Waals surface area contributed by atoms with Crippen LogP contribution in [0.1, 0.15) is 99.3 Å². The number of benzene rings is 1. The summed E-state index contributed by atoms with van der Waals surface area (Å²) >= 11 is 0. The molecule has 0 aromatic heterocycles. The number of carbonyl (C=O) groups excluding carboxylic acids is 2. The molecular formula is C31H47N3O8. The predicted octanol–water partition coefficient (Wildman–Crippen LogP) is 7.64. The molecule has 0 bridgehead atoms. The zero-order valence-corrected chi connectivity index (χ0v) is 25.9. The lowest BCUT2D eigenvalue weighted by Gasteiger charge is -2.27. The van der Waals surface area contributed by atoms with Crippen molar-refractivity contribution in [1.29, 1.82) is 0 Å². The number of nitro benzene ring substituents is 1. The van der Waals surface area contributed by atoms with E-state index in [1.165, 1.54) is 17.0 Å². The summed E-state index contributed by atoms with van der Waals surface area (Å²) in [5.41, 5.74) is -0.783. The molecule has 0 N–H and O–H groups in total. The van der Waals surface area contributed by atoms with Gasteiger partial charge in [-0.1, -0.05) is 18.9 Å². The van der Waals surface area contributed by atoms with Crippen LogP contribution in [0.4, 0.5) is 16.2 Å². The van der Waals surface area contributed by atoms with Gasteiger partial charge in [0.05, 0.1) is 4.92 Å². The maximum atomic E-state index is 13.0. The maximum absolute atomic E-state index is 13.0. The van der Waals surface area contributed by atoms with Crippen LogP contribution in [0, 0.1) is 32.1 Å². The average molecular weight is 590 g/mol. The Morgan fingerprint density at radius 1 is 0.905 bits per heavy atom. The molecule has 0 aliphatic heterocycles. The predicted molar refractivity (Wildman–Crippen MR) is 161 cm³/mol. The number of hydrogen-bond donors (Lipinski definition) is 0. The zero-order chi connectivity index (χ0) is 31.5. The SMILES string of the molecule is CC(C)(C)OC(=O)CC(CCCCCN(C(=O)OC(C)(C)C)c1ccc([N+](=O)[O-])cc1)CCC1C=CC([N+](=O)[O-])CC1. The summed E-state index contributed by atoms with van der Waals surface area (Å²) in [6.07, 6.45) is 9.59. The van der Waals surface area contributed by atoms with E-state index >= 15 is 0 Å². The molecule has 2 rings (SSSR count). The Labute approximate surface area is 248 Å². The molecule has 3 unspecified atom stereocenters. The van der Waals surface area contributed by atoms with Gasteiger partial charge in [0.15, 0.2) is 0 Å². The molecule has 1 aliphatic rings. The van der Waals surface area contributed by atoms with Crippen LogP contribution < -0.4 is 4.90 Å². The van der Waals surface area contributed by atoms with Gasteiger partial charge in [-0.3, -0.25) is 29.9 Å². The fourth-order valence-corrected chi connectivity index (χ4v) is 4.97. The summed E-state index contributed by atoms with van der Waals surface area (Å²) in [4.78, 5) is 48.4. The van der Waals surface area contributed by atoms with Crippen molar-refractivity contribution >= 4 is 23.4 Å². The Morgan fingerprint density at radius 3 is 2.07 bits per heavy atom. The Balaban J connectivity index is 1.97. The molecule has 0 fully saturated rings. The number of ether oxygens (including phenoxy) is 2. The number of rotatable bonds is 14. The molecule has 0 radical (unpaired) electrons. The second-order valence-electron chi connectivity index (χ2n) is 13.1. The molecule has 0 saturated heterocycles. The molecule has 11 heteroatoms. The molecule has 0 saturated carbocycles. The van der Waals surface area contributed by atoms with Crippen molar-refractivity contribution in [2.24, 2.45) is 11.8 Å². The van der Waals surface area contributed by atoms with E-state index in [4.69, 9.17) is 9.47 Å². The van der Waals surface area contributed by atoms with Crippen LogP contribution in [0.2, 0.25) is 0 Å². The molecule has 42 heavy (non-hydrogen) atoms. The Hall–Kier alpha value is -3.50. The van der Waals surface area contributed by atoms with E-state index < -0.39 is 28.3 Å². The topological polar surface area (TPSA) is 142 Å². The normalized spacial score (nSPS) is 17.8. The van der Waals surface area contributed by atoms with Gasteiger partial charge in [-0.25, -0.2) is 4.79 Å². The summed E-state index contributed by atoms with van der Waals surface area (Å²) < 4.78 is 11.1. The molecule has 234 valence electrons. The fraction of sp³-hybridized carbons (Fsp3) is 0.677. The lowest BCUT2D eigenvalue weighted by Crippen LogP contribution is -2.37. The lowest BCUT2D eigenvalue weighted by atomic mass is 9.85.